The van der Waals surface area contributed by atoms with Gasteiger partial charge in [-0.05, 0) is 112 Å². The molecule has 1 atom stereocenters. The van der Waals surface area contributed by atoms with Crippen LogP contribution in [0.4, 0.5) is 5.69 Å². The summed E-state index contributed by atoms with van der Waals surface area (Å²) in [5, 5.41) is 7.79. The minimum Gasteiger partial charge on any atom is -0.388 e. The Hall–Kier alpha value is -2.28. The number of hydrogen-bond donors (Lipinski definition) is 2. The molecule has 0 saturated carbocycles. The maximum atomic E-state index is 11.1. The highest BCUT2D eigenvalue weighted by molar-refractivity contribution is 7.97. The Morgan fingerprint density at radius 1 is 1.09 bits per heavy atom. The summed E-state index contributed by atoms with van der Waals surface area (Å²) < 4.78 is 4.53. The highest BCUT2D eigenvalue weighted by atomic mass is 32.2. The molecule has 188 valence electrons. The van der Waals surface area contributed by atoms with E-state index in [-0.39, 0.29) is 6.04 Å². The van der Waals surface area contributed by atoms with Gasteiger partial charge in [0.1, 0.15) is 6.29 Å². The second kappa shape index (κ2) is 12.1. The van der Waals surface area contributed by atoms with Gasteiger partial charge in [-0.2, -0.15) is 0 Å². The first-order valence-corrected chi connectivity index (χ1v) is 13.7. The van der Waals surface area contributed by atoms with Gasteiger partial charge in [-0.1, -0.05) is 18.6 Å². The molecule has 0 amide bonds. The molecular formula is C29H40N4OS. The van der Waals surface area contributed by atoms with Crippen molar-refractivity contribution in [2.75, 3.05) is 38.5 Å². The average Bonchev–Trinajstić information content (AvgIpc) is 3.18. The minimum absolute atomic E-state index is 0.109. The molecule has 2 aromatic carbocycles. The van der Waals surface area contributed by atoms with Crippen molar-refractivity contribution in [3.63, 3.8) is 0 Å². The van der Waals surface area contributed by atoms with Gasteiger partial charge in [-0.15, -0.1) is 0 Å². The first-order chi connectivity index (χ1) is 17.0. The van der Waals surface area contributed by atoms with Crippen LogP contribution in [0.2, 0.25) is 0 Å². The summed E-state index contributed by atoms with van der Waals surface area (Å²) >= 11 is 1.87. The molecular weight excluding hydrogens is 452 g/mol. The van der Waals surface area contributed by atoms with Crippen molar-refractivity contribution in [2.24, 2.45) is 5.92 Å². The van der Waals surface area contributed by atoms with Gasteiger partial charge in [0.15, 0.2) is 0 Å². The normalized spacial score (nSPS) is 17.4. The Bertz CT molecular complexity index is 1130. The molecule has 2 aliphatic rings. The SMILES string of the molecule is CNc1cc(CC2CNC2)ccc1C.Cc1cn(C(C)C=O)c2ccc(SN3CCCCC3)cc12. The van der Waals surface area contributed by atoms with Crippen molar-refractivity contribution in [1.29, 1.82) is 0 Å². The lowest BCUT2D eigenvalue weighted by atomic mass is 9.93. The fraction of sp³-hybridized carbons (Fsp3) is 0.483. The smallest absolute Gasteiger partial charge is 0.142 e. The standard InChI is InChI=1S/C17H22N2OS.C12H18N2/c1-13-11-19(14(2)12-20)17-7-6-15(10-16(13)17)21-18-8-4-3-5-9-18;1-9-3-4-10(6-12(9)13-2)5-11-7-14-8-11/h6-7,10-12,14H,3-5,8-9H2,1-2H3;3-4,6,11,13-14H,5,7-8H2,1-2H3. The lowest BCUT2D eigenvalue weighted by Crippen LogP contribution is -2.43. The van der Waals surface area contributed by atoms with E-state index in [1.54, 1.807) is 0 Å². The van der Waals surface area contributed by atoms with Crippen LogP contribution in [0.1, 0.15) is 48.9 Å². The van der Waals surface area contributed by atoms with Crippen LogP contribution in [0.15, 0.2) is 47.5 Å². The van der Waals surface area contributed by atoms with Crippen LogP contribution in [-0.4, -0.2) is 48.4 Å². The van der Waals surface area contributed by atoms with E-state index in [0.29, 0.717) is 0 Å². The Morgan fingerprint density at radius 3 is 2.51 bits per heavy atom. The van der Waals surface area contributed by atoms with Crippen LogP contribution in [0.25, 0.3) is 10.9 Å². The van der Waals surface area contributed by atoms with Crippen LogP contribution in [-0.2, 0) is 11.2 Å². The monoisotopic (exact) mass is 492 g/mol. The number of nitrogens with one attached hydrogen (secondary N) is 2. The molecule has 35 heavy (non-hydrogen) atoms. The summed E-state index contributed by atoms with van der Waals surface area (Å²) in [6.07, 6.45) is 8.26. The quantitative estimate of drug-likeness (QED) is 0.313. The van der Waals surface area contributed by atoms with E-state index in [1.807, 2.05) is 25.9 Å². The number of fused-ring (bicyclic) bond motifs is 1. The van der Waals surface area contributed by atoms with Crippen LogP contribution in [0.5, 0.6) is 0 Å². The molecule has 2 aliphatic heterocycles. The van der Waals surface area contributed by atoms with Crippen LogP contribution in [0, 0.1) is 19.8 Å². The van der Waals surface area contributed by atoms with Gasteiger partial charge in [-0.25, -0.2) is 4.31 Å². The van der Waals surface area contributed by atoms with Crippen LogP contribution >= 0.6 is 11.9 Å². The molecule has 5 nitrogen and oxygen atoms in total. The average molecular weight is 493 g/mol. The van der Waals surface area contributed by atoms with Crippen LogP contribution in [0.3, 0.4) is 0 Å². The zero-order chi connectivity index (χ0) is 24.8. The summed E-state index contributed by atoms with van der Waals surface area (Å²) in [5.41, 5.74) is 6.42. The molecule has 3 heterocycles. The minimum atomic E-state index is -0.109. The molecule has 0 bridgehead atoms. The third-order valence-corrected chi connectivity index (χ3v) is 8.24. The van der Waals surface area contributed by atoms with E-state index in [4.69, 9.17) is 0 Å². The molecule has 2 N–H and O–H groups in total. The van der Waals surface area contributed by atoms with Gasteiger partial charge >= 0.3 is 0 Å². The Balaban J connectivity index is 0.000000179. The highest BCUT2D eigenvalue weighted by Crippen LogP contribution is 2.31. The number of aldehydes is 1. The molecule has 0 radical (unpaired) electrons. The number of piperidine rings is 1. The summed E-state index contributed by atoms with van der Waals surface area (Å²) in [7, 11) is 1.98. The molecule has 2 saturated heterocycles. The fourth-order valence-corrected chi connectivity index (χ4v) is 5.90. The van der Waals surface area contributed by atoms with Gasteiger partial charge in [0.25, 0.3) is 0 Å². The molecule has 0 spiro atoms. The Labute approximate surface area is 214 Å². The van der Waals surface area contributed by atoms with Crippen LogP contribution < -0.4 is 10.6 Å². The van der Waals surface area contributed by atoms with Gasteiger partial charge in [-0.3, -0.25) is 0 Å². The number of aryl methyl sites for hydroxylation is 2. The molecule has 2 fully saturated rings. The summed E-state index contributed by atoms with van der Waals surface area (Å²) in [6.45, 7) is 10.9. The number of carbonyl (C=O) groups is 1. The topological polar surface area (TPSA) is 49.3 Å². The maximum Gasteiger partial charge on any atom is 0.142 e. The lowest BCUT2D eigenvalue weighted by molar-refractivity contribution is -0.110. The molecule has 0 aliphatic carbocycles. The van der Waals surface area contributed by atoms with E-state index in [2.05, 4.69) is 75.9 Å². The summed E-state index contributed by atoms with van der Waals surface area (Å²) in [4.78, 5) is 12.4. The van der Waals surface area contributed by atoms with E-state index in [1.165, 1.54) is 84.5 Å². The lowest BCUT2D eigenvalue weighted by Gasteiger charge is -2.27. The zero-order valence-electron chi connectivity index (χ0n) is 21.6. The Kier molecular flexibility index (Phi) is 8.93. The second-order valence-corrected chi connectivity index (χ2v) is 11.2. The molecule has 5 rings (SSSR count). The van der Waals surface area contributed by atoms with Gasteiger partial charge in [0.05, 0.1) is 6.04 Å². The van der Waals surface area contributed by atoms with E-state index in [0.717, 1.165) is 17.7 Å². The van der Waals surface area contributed by atoms with Crippen molar-refractivity contribution in [2.45, 2.75) is 57.4 Å². The zero-order valence-corrected chi connectivity index (χ0v) is 22.5. The van der Waals surface area contributed by atoms with Gasteiger partial charge in [0, 0.05) is 47.8 Å². The predicted octanol–water partition coefficient (Wildman–Crippen LogP) is 6.00. The first-order valence-electron chi connectivity index (χ1n) is 13.0. The largest absolute Gasteiger partial charge is 0.388 e. The van der Waals surface area contributed by atoms with Crippen molar-refractivity contribution in [3.05, 3.63) is 59.3 Å². The third kappa shape index (κ3) is 6.49. The van der Waals surface area contributed by atoms with Crippen molar-refractivity contribution >= 4 is 34.8 Å². The third-order valence-electron chi connectivity index (χ3n) is 7.15. The molecule has 1 aromatic heterocycles. The first kappa shape index (κ1) is 25.8. The number of carbonyl (C=O) groups excluding carboxylic acids is 1. The van der Waals surface area contributed by atoms with Gasteiger partial charge < -0.3 is 20.0 Å². The predicted molar refractivity (Wildman–Crippen MR) is 150 cm³/mol. The van der Waals surface area contributed by atoms with Crippen molar-refractivity contribution in [1.82, 2.24) is 14.2 Å². The highest BCUT2D eigenvalue weighted by Gasteiger charge is 2.17. The van der Waals surface area contributed by atoms with Crippen molar-refractivity contribution in [3.8, 4) is 0 Å². The maximum absolute atomic E-state index is 11.1. The number of anilines is 1. The number of rotatable bonds is 7. The number of nitrogens with zero attached hydrogens (tertiary/aromatic N) is 2. The number of aromatic nitrogens is 1. The second-order valence-electron chi connectivity index (χ2n) is 9.98. The fourth-order valence-electron chi connectivity index (χ4n) is 4.86. The number of hydrogen-bond acceptors (Lipinski definition) is 5. The van der Waals surface area contributed by atoms with E-state index in [9.17, 15) is 4.79 Å². The molecule has 1 unspecified atom stereocenters. The molecule has 3 aromatic rings. The summed E-state index contributed by atoms with van der Waals surface area (Å²) in [6, 6.07) is 13.2. The Morgan fingerprint density at radius 2 is 1.86 bits per heavy atom. The van der Waals surface area contributed by atoms with Gasteiger partial charge in [0.2, 0.25) is 0 Å². The van der Waals surface area contributed by atoms with E-state index >= 15 is 0 Å². The van der Waals surface area contributed by atoms with E-state index < -0.39 is 0 Å². The van der Waals surface area contributed by atoms with Crippen molar-refractivity contribution < 1.29 is 4.79 Å². The summed E-state index contributed by atoms with van der Waals surface area (Å²) in [5.74, 6) is 0.849. The molecule has 6 heteroatoms. The number of benzene rings is 2.